The molecular formula is C20H30ClNO3. The molecule has 2 fully saturated rings. The van der Waals surface area contributed by atoms with E-state index in [4.69, 9.17) is 14.6 Å². The molecule has 1 saturated heterocycles. The Bertz CT molecular complexity index is 585. The van der Waals surface area contributed by atoms with Gasteiger partial charge in [-0.05, 0) is 37.7 Å². The molecule has 3 aliphatic heterocycles. The summed E-state index contributed by atoms with van der Waals surface area (Å²) in [7, 11) is 0. The Morgan fingerprint density at radius 1 is 1.40 bits per heavy atom. The Morgan fingerprint density at radius 3 is 3.12 bits per heavy atom. The van der Waals surface area contributed by atoms with Crippen molar-refractivity contribution in [2.24, 2.45) is 11.3 Å². The zero-order chi connectivity index (χ0) is 16.6. The average Bonchev–Trinajstić information content (AvgIpc) is 3.00. The molecule has 3 heterocycles. The van der Waals surface area contributed by atoms with Gasteiger partial charge < -0.3 is 19.5 Å². The fraction of sp³-hybridized carbons (Fsp3) is 0.700. The van der Waals surface area contributed by atoms with E-state index in [0.29, 0.717) is 19.1 Å². The second-order valence-electron chi connectivity index (χ2n) is 7.69. The number of aliphatic hydroxyl groups is 1. The summed E-state index contributed by atoms with van der Waals surface area (Å²) >= 11 is 0. The monoisotopic (exact) mass is 367 g/mol. The lowest BCUT2D eigenvalue weighted by Gasteiger charge is -2.43. The molecule has 5 heteroatoms. The largest absolute Gasteiger partial charge is 0.492 e. The molecule has 3 unspecified atom stereocenters. The van der Waals surface area contributed by atoms with Gasteiger partial charge in [-0.3, -0.25) is 0 Å². The molecule has 4 aliphatic rings. The summed E-state index contributed by atoms with van der Waals surface area (Å²) in [6, 6.07) is 0. The molecular weight excluding hydrogens is 338 g/mol. The number of hydrogen-bond acceptors (Lipinski definition) is 4. The van der Waals surface area contributed by atoms with E-state index in [1.165, 1.54) is 37.1 Å². The second-order valence-corrected chi connectivity index (χ2v) is 7.69. The van der Waals surface area contributed by atoms with Crippen LogP contribution in [0.1, 0.15) is 51.9 Å². The van der Waals surface area contributed by atoms with Crippen molar-refractivity contribution in [1.82, 2.24) is 4.90 Å². The lowest BCUT2D eigenvalue weighted by molar-refractivity contribution is 0.0217. The molecule has 140 valence electrons. The van der Waals surface area contributed by atoms with E-state index in [0.717, 1.165) is 19.3 Å². The van der Waals surface area contributed by atoms with Crippen LogP contribution in [-0.4, -0.2) is 35.9 Å². The van der Waals surface area contributed by atoms with Crippen molar-refractivity contribution in [1.29, 1.82) is 0 Å². The molecule has 1 spiro atoms. The summed E-state index contributed by atoms with van der Waals surface area (Å²) in [6.07, 6.45) is 15.4. The van der Waals surface area contributed by atoms with Crippen LogP contribution in [-0.2, 0) is 9.47 Å². The topological polar surface area (TPSA) is 41.9 Å². The molecule has 1 saturated carbocycles. The Kier molecular flexibility index (Phi) is 5.81. The van der Waals surface area contributed by atoms with Gasteiger partial charge in [0.25, 0.3) is 0 Å². The first-order valence-corrected chi connectivity index (χ1v) is 9.50. The number of rotatable bonds is 5. The van der Waals surface area contributed by atoms with Crippen molar-refractivity contribution in [3.8, 4) is 0 Å². The predicted octanol–water partition coefficient (Wildman–Crippen LogP) is 4.12. The van der Waals surface area contributed by atoms with Gasteiger partial charge in [-0.15, -0.1) is 12.4 Å². The fourth-order valence-corrected chi connectivity index (χ4v) is 4.81. The second kappa shape index (κ2) is 7.73. The van der Waals surface area contributed by atoms with Gasteiger partial charge in [0.1, 0.15) is 11.9 Å². The highest BCUT2D eigenvalue weighted by Crippen LogP contribution is 2.59. The van der Waals surface area contributed by atoms with E-state index in [1.807, 2.05) is 0 Å². The van der Waals surface area contributed by atoms with Gasteiger partial charge in [0.2, 0.25) is 0 Å². The van der Waals surface area contributed by atoms with Crippen LogP contribution in [0.4, 0.5) is 0 Å². The van der Waals surface area contributed by atoms with E-state index >= 15 is 0 Å². The summed E-state index contributed by atoms with van der Waals surface area (Å²) in [6.45, 7) is 3.38. The minimum Gasteiger partial charge on any atom is -0.492 e. The zero-order valence-corrected chi connectivity index (χ0v) is 15.9. The smallest absolute Gasteiger partial charge is 0.126 e. The maximum Gasteiger partial charge on any atom is 0.126 e. The fourth-order valence-electron chi connectivity index (χ4n) is 4.81. The molecule has 0 radical (unpaired) electrons. The summed E-state index contributed by atoms with van der Waals surface area (Å²) in [5.41, 5.74) is 3.12. The van der Waals surface area contributed by atoms with Gasteiger partial charge >= 0.3 is 0 Å². The first-order chi connectivity index (χ1) is 11.7. The van der Waals surface area contributed by atoms with Crippen molar-refractivity contribution in [3.05, 3.63) is 35.5 Å². The molecule has 0 aromatic carbocycles. The van der Waals surface area contributed by atoms with Gasteiger partial charge in [0.05, 0.1) is 30.9 Å². The quantitative estimate of drug-likeness (QED) is 0.742. The number of nitrogens with zero attached hydrogens (tertiary/aromatic N) is 1. The van der Waals surface area contributed by atoms with Crippen LogP contribution in [0.15, 0.2) is 35.5 Å². The van der Waals surface area contributed by atoms with E-state index < -0.39 is 0 Å². The molecule has 3 atom stereocenters. The summed E-state index contributed by atoms with van der Waals surface area (Å²) in [5.74, 6) is 1.61. The Labute approximate surface area is 157 Å². The highest BCUT2D eigenvalue weighted by molar-refractivity contribution is 5.85. The van der Waals surface area contributed by atoms with Crippen molar-refractivity contribution < 1.29 is 14.6 Å². The Hall–Kier alpha value is -0.970. The molecule has 1 N–H and O–H groups in total. The first kappa shape index (κ1) is 18.8. The SMILES string of the molecule is CC(COCCO)C1CC23CCCCC2=CN2C=CCCC2=C3O1.Cl. The van der Waals surface area contributed by atoms with Crippen molar-refractivity contribution in [2.45, 2.75) is 58.0 Å². The lowest BCUT2D eigenvalue weighted by atomic mass is 9.65. The lowest BCUT2D eigenvalue weighted by Crippen LogP contribution is -2.34. The highest BCUT2D eigenvalue weighted by Gasteiger charge is 2.53. The number of fused-ring (bicyclic) bond motifs is 1. The van der Waals surface area contributed by atoms with Crippen molar-refractivity contribution in [2.75, 3.05) is 19.8 Å². The van der Waals surface area contributed by atoms with Gasteiger partial charge in [0.15, 0.2) is 0 Å². The van der Waals surface area contributed by atoms with Crippen LogP contribution in [0, 0.1) is 11.3 Å². The predicted molar refractivity (Wildman–Crippen MR) is 100 cm³/mol. The van der Waals surface area contributed by atoms with Crippen LogP contribution < -0.4 is 0 Å². The molecule has 0 aromatic rings. The molecule has 25 heavy (non-hydrogen) atoms. The maximum atomic E-state index is 8.91. The minimum atomic E-state index is 0. The molecule has 0 aromatic heterocycles. The summed E-state index contributed by atoms with van der Waals surface area (Å²) in [5, 5.41) is 8.91. The van der Waals surface area contributed by atoms with Crippen LogP contribution in [0.5, 0.6) is 0 Å². The Morgan fingerprint density at radius 2 is 2.28 bits per heavy atom. The summed E-state index contributed by atoms with van der Waals surface area (Å²) < 4.78 is 12.2. The number of aliphatic hydroxyl groups excluding tert-OH is 1. The number of halogens is 1. The third-order valence-corrected chi connectivity index (χ3v) is 6.10. The number of ether oxygens (including phenoxy) is 2. The van der Waals surface area contributed by atoms with Crippen LogP contribution >= 0.6 is 12.4 Å². The number of hydrogen-bond donors (Lipinski definition) is 1. The van der Waals surface area contributed by atoms with Gasteiger partial charge in [-0.2, -0.15) is 0 Å². The zero-order valence-electron chi connectivity index (χ0n) is 15.1. The van der Waals surface area contributed by atoms with Crippen molar-refractivity contribution in [3.63, 3.8) is 0 Å². The molecule has 0 bridgehead atoms. The van der Waals surface area contributed by atoms with Gasteiger partial charge in [0, 0.05) is 24.7 Å². The van der Waals surface area contributed by atoms with E-state index in [-0.39, 0.29) is 30.5 Å². The first-order valence-electron chi connectivity index (χ1n) is 9.50. The van der Waals surface area contributed by atoms with Crippen LogP contribution in [0.2, 0.25) is 0 Å². The molecule has 4 rings (SSSR count). The van der Waals surface area contributed by atoms with E-state index in [2.05, 4.69) is 30.3 Å². The summed E-state index contributed by atoms with van der Waals surface area (Å²) in [4.78, 5) is 2.31. The number of allylic oxidation sites excluding steroid dienone is 3. The maximum absolute atomic E-state index is 8.91. The minimum absolute atomic E-state index is 0. The Balaban J connectivity index is 0.00000182. The van der Waals surface area contributed by atoms with Crippen molar-refractivity contribution >= 4 is 12.4 Å². The van der Waals surface area contributed by atoms with E-state index in [1.54, 1.807) is 5.57 Å². The average molecular weight is 368 g/mol. The third kappa shape index (κ3) is 3.24. The van der Waals surface area contributed by atoms with Crippen LogP contribution in [0.3, 0.4) is 0 Å². The van der Waals surface area contributed by atoms with E-state index in [9.17, 15) is 0 Å². The molecule has 1 aliphatic carbocycles. The van der Waals surface area contributed by atoms with Crippen LogP contribution in [0.25, 0.3) is 0 Å². The van der Waals surface area contributed by atoms with Gasteiger partial charge in [-0.1, -0.05) is 19.4 Å². The standard InChI is InChI=1S/C20H29NO3.ClH/c1-15(14-23-11-10-22)18-12-20-8-4-2-6-16(20)13-21-9-5-3-7-17(21)19(20)24-18;/h5,9,13,15,18,22H,2-4,6-8,10-12,14H2,1H3;1H. The normalized spacial score (nSPS) is 31.4. The molecule has 0 amide bonds. The highest BCUT2D eigenvalue weighted by atomic mass is 35.5. The molecule has 4 nitrogen and oxygen atoms in total. The van der Waals surface area contributed by atoms with Gasteiger partial charge in [-0.25, -0.2) is 0 Å². The third-order valence-electron chi connectivity index (χ3n) is 6.10.